The Bertz CT molecular complexity index is 1140. The summed E-state index contributed by atoms with van der Waals surface area (Å²) in [6.07, 6.45) is 7.17. The number of anilines is 1. The Hall–Kier alpha value is -3.87. The van der Waals surface area contributed by atoms with Crippen molar-refractivity contribution in [2.24, 2.45) is 0 Å². The van der Waals surface area contributed by atoms with Crippen molar-refractivity contribution in [1.82, 2.24) is 24.9 Å². The van der Waals surface area contributed by atoms with Crippen molar-refractivity contribution in [2.75, 3.05) is 12.4 Å². The van der Waals surface area contributed by atoms with Gasteiger partial charge in [0.15, 0.2) is 0 Å². The standard InChI is InChI=1S/C23H22N6O/c1-15-10-26-20(13-25-15)14-27-23-9-22(28-16(2)29-23)19-8-18(11-24-12-19)17-4-6-21(30-3)7-5-17/h4-13H,14H2,1-3H3,(H,27,28,29). The Balaban J connectivity index is 1.58. The maximum absolute atomic E-state index is 5.24. The smallest absolute Gasteiger partial charge is 0.130 e. The normalized spacial score (nSPS) is 10.6. The van der Waals surface area contributed by atoms with E-state index in [9.17, 15) is 0 Å². The summed E-state index contributed by atoms with van der Waals surface area (Å²) in [6.45, 7) is 4.33. The number of aromatic nitrogens is 5. The average Bonchev–Trinajstić information content (AvgIpc) is 2.78. The molecule has 1 aromatic carbocycles. The van der Waals surface area contributed by atoms with Crippen LogP contribution >= 0.6 is 0 Å². The van der Waals surface area contributed by atoms with Crippen LogP contribution < -0.4 is 10.1 Å². The molecule has 7 heteroatoms. The quantitative estimate of drug-likeness (QED) is 0.520. The summed E-state index contributed by atoms with van der Waals surface area (Å²) in [6, 6.07) is 11.9. The average molecular weight is 398 g/mol. The van der Waals surface area contributed by atoms with Gasteiger partial charge in [-0.05, 0) is 37.6 Å². The predicted molar refractivity (Wildman–Crippen MR) is 116 cm³/mol. The zero-order valence-corrected chi connectivity index (χ0v) is 17.1. The van der Waals surface area contributed by atoms with Gasteiger partial charge in [0.05, 0.1) is 36.9 Å². The van der Waals surface area contributed by atoms with Gasteiger partial charge in [-0.3, -0.25) is 15.0 Å². The van der Waals surface area contributed by atoms with Crippen LogP contribution in [-0.2, 0) is 6.54 Å². The molecule has 0 aliphatic carbocycles. The van der Waals surface area contributed by atoms with E-state index in [1.54, 1.807) is 19.5 Å². The van der Waals surface area contributed by atoms with Crippen LogP contribution in [0.15, 0.2) is 61.2 Å². The fourth-order valence-electron chi connectivity index (χ4n) is 3.02. The van der Waals surface area contributed by atoms with Crippen molar-refractivity contribution >= 4 is 5.82 Å². The maximum atomic E-state index is 5.24. The number of pyridine rings is 1. The van der Waals surface area contributed by atoms with Crippen molar-refractivity contribution in [1.29, 1.82) is 0 Å². The highest BCUT2D eigenvalue weighted by Crippen LogP contribution is 2.26. The minimum atomic E-state index is 0.535. The van der Waals surface area contributed by atoms with Crippen LogP contribution in [0.2, 0.25) is 0 Å². The molecule has 3 heterocycles. The van der Waals surface area contributed by atoms with Crippen LogP contribution in [-0.4, -0.2) is 32.0 Å². The number of hydrogen-bond donors (Lipinski definition) is 1. The molecule has 0 spiro atoms. The summed E-state index contributed by atoms with van der Waals surface area (Å²) in [5, 5.41) is 3.30. The van der Waals surface area contributed by atoms with Crippen LogP contribution in [0.5, 0.6) is 5.75 Å². The second-order valence-corrected chi connectivity index (χ2v) is 6.88. The molecule has 0 aliphatic heterocycles. The van der Waals surface area contributed by atoms with Gasteiger partial charge in [0, 0.05) is 35.8 Å². The first kappa shape index (κ1) is 19.4. The third kappa shape index (κ3) is 4.57. The SMILES string of the molecule is COc1ccc(-c2cncc(-c3cc(NCc4cnc(C)cn4)nc(C)n3)c2)cc1. The van der Waals surface area contributed by atoms with Gasteiger partial charge in [0.1, 0.15) is 17.4 Å². The molecule has 0 aliphatic rings. The topological polar surface area (TPSA) is 85.7 Å². The zero-order chi connectivity index (χ0) is 20.9. The van der Waals surface area contributed by atoms with Crippen LogP contribution in [0.3, 0.4) is 0 Å². The molecular weight excluding hydrogens is 376 g/mol. The fraction of sp³-hybridized carbons (Fsp3) is 0.174. The van der Waals surface area contributed by atoms with Gasteiger partial charge in [-0.15, -0.1) is 0 Å². The van der Waals surface area contributed by atoms with Gasteiger partial charge in [-0.25, -0.2) is 9.97 Å². The Labute approximate surface area is 175 Å². The fourth-order valence-corrected chi connectivity index (χ4v) is 3.02. The highest BCUT2D eigenvalue weighted by atomic mass is 16.5. The van der Waals surface area contributed by atoms with Crippen LogP contribution in [0.4, 0.5) is 5.82 Å². The molecule has 4 aromatic rings. The number of ether oxygens (including phenoxy) is 1. The van der Waals surface area contributed by atoms with Crippen LogP contribution in [0.25, 0.3) is 22.4 Å². The lowest BCUT2D eigenvalue weighted by Crippen LogP contribution is -2.06. The monoisotopic (exact) mass is 398 g/mol. The Kier molecular flexibility index (Phi) is 5.61. The molecule has 0 fully saturated rings. The van der Waals surface area contributed by atoms with Gasteiger partial charge in [-0.1, -0.05) is 12.1 Å². The first-order valence-electron chi connectivity index (χ1n) is 9.57. The molecule has 3 aromatic heterocycles. The van der Waals surface area contributed by atoms with E-state index in [1.807, 2.05) is 56.6 Å². The number of benzene rings is 1. The molecule has 30 heavy (non-hydrogen) atoms. The first-order chi connectivity index (χ1) is 14.6. The molecule has 7 nitrogen and oxygen atoms in total. The highest BCUT2D eigenvalue weighted by Gasteiger charge is 2.08. The van der Waals surface area contributed by atoms with Gasteiger partial charge < -0.3 is 10.1 Å². The van der Waals surface area contributed by atoms with Gasteiger partial charge >= 0.3 is 0 Å². The summed E-state index contributed by atoms with van der Waals surface area (Å²) < 4.78 is 5.24. The molecule has 0 radical (unpaired) electrons. The minimum Gasteiger partial charge on any atom is -0.497 e. The predicted octanol–water partition coefficient (Wildman–Crippen LogP) is 4.23. The minimum absolute atomic E-state index is 0.535. The third-order valence-electron chi connectivity index (χ3n) is 4.58. The number of hydrogen-bond acceptors (Lipinski definition) is 7. The summed E-state index contributed by atoms with van der Waals surface area (Å²) in [7, 11) is 1.66. The van der Waals surface area contributed by atoms with Crippen molar-refractivity contribution in [3.05, 3.63) is 78.4 Å². The molecule has 1 N–H and O–H groups in total. The molecule has 0 bridgehead atoms. The lowest BCUT2D eigenvalue weighted by molar-refractivity contribution is 0.415. The van der Waals surface area contributed by atoms with Crippen molar-refractivity contribution in [3.8, 4) is 28.1 Å². The van der Waals surface area contributed by atoms with E-state index in [0.29, 0.717) is 12.4 Å². The molecule has 0 unspecified atom stereocenters. The van der Waals surface area contributed by atoms with E-state index >= 15 is 0 Å². The second-order valence-electron chi connectivity index (χ2n) is 6.88. The largest absolute Gasteiger partial charge is 0.497 e. The Morgan fingerprint density at radius 1 is 0.833 bits per heavy atom. The van der Waals surface area contributed by atoms with Crippen LogP contribution in [0.1, 0.15) is 17.2 Å². The summed E-state index contributed by atoms with van der Waals surface area (Å²) in [5.74, 6) is 2.23. The molecule has 0 saturated heterocycles. The first-order valence-corrected chi connectivity index (χ1v) is 9.57. The molecular formula is C23H22N6O. The second kappa shape index (κ2) is 8.65. The van der Waals surface area contributed by atoms with Crippen molar-refractivity contribution < 1.29 is 4.74 Å². The number of rotatable bonds is 6. The summed E-state index contributed by atoms with van der Waals surface area (Å²) in [5.41, 5.74) is 5.54. The van der Waals surface area contributed by atoms with Gasteiger partial charge in [0.25, 0.3) is 0 Å². The van der Waals surface area contributed by atoms with Gasteiger partial charge in [-0.2, -0.15) is 0 Å². The molecule has 0 saturated carbocycles. The van der Waals surface area contributed by atoms with Crippen molar-refractivity contribution in [2.45, 2.75) is 20.4 Å². The molecule has 150 valence electrons. The number of methoxy groups -OCH3 is 1. The third-order valence-corrected chi connectivity index (χ3v) is 4.58. The van der Waals surface area contributed by atoms with Crippen molar-refractivity contribution in [3.63, 3.8) is 0 Å². The Morgan fingerprint density at radius 3 is 2.37 bits per heavy atom. The number of nitrogens with one attached hydrogen (secondary N) is 1. The lowest BCUT2D eigenvalue weighted by atomic mass is 10.0. The van der Waals surface area contributed by atoms with E-state index in [2.05, 4.69) is 36.3 Å². The number of aryl methyl sites for hydroxylation is 2. The highest BCUT2D eigenvalue weighted by molar-refractivity contribution is 5.71. The van der Waals surface area contributed by atoms with E-state index in [1.165, 1.54) is 0 Å². The summed E-state index contributed by atoms with van der Waals surface area (Å²) >= 11 is 0. The maximum Gasteiger partial charge on any atom is 0.130 e. The zero-order valence-electron chi connectivity index (χ0n) is 17.1. The summed E-state index contributed by atoms with van der Waals surface area (Å²) in [4.78, 5) is 22.1. The van der Waals surface area contributed by atoms with E-state index in [0.717, 1.165) is 45.3 Å². The Morgan fingerprint density at radius 2 is 1.63 bits per heavy atom. The van der Waals surface area contributed by atoms with Gasteiger partial charge in [0.2, 0.25) is 0 Å². The molecule has 0 amide bonds. The number of nitrogens with zero attached hydrogens (tertiary/aromatic N) is 5. The van der Waals surface area contributed by atoms with E-state index in [4.69, 9.17) is 4.74 Å². The van der Waals surface area contributed by atoms with E-state index < -0.39 is 0 Å². The lowest BCUT2D eigenvalue weighted by Gasteiger charge is -2.10. The molecule has 4 rings (SSSR count). The van der Waals surface area contributed by atoms with E-state index in [-0.39, 0.29) is 0 Å². The molecule has 0 atom stereocenters. The van der Waals surface area contributed by atoms with Crippen LogP contribution in [0, 0.1) is 13.8 Å².